The minimum Gasteiger partial charge on any atom is -0.291 e. The molecule has 0 bridgehead atoms. The van der Waals surface area contributed by atoms with Gasteiger partial charge in [-0.05, 0) is 23.3 Å². The molecule has 0 saturated heterocycles. The summed E-state index contributed by atoms with van der Waals surface area (Å²) in [6.07, 6.45) is 0. The molecule has 0 fully saturated rings. The third kappa shape index (κ3) is 2.61. The average molecular weight is 415 g/mol. The van der Waals surface area contributed by atoms with Crippen LogP contribution in [0.4, 0.5) is 5.69 Å². The maximum atomic E-state index is 12.0. The first-order chi connectivity index (χ1) is 15.7. The van der Waals surface area contributed by atoms with Gasteiger partial charge in [-0.25, -0.2) is 4.98 Å². The van der Waals surface area contributed by atoms with Crippen LogP contribution in [0.2, 0.25) is 0 Å². The van der Waals surface area contributed by atoms with Gasteiger partial charge in [0.05, 0.1) is 21.7 Å². The largest absolute Gasteiger partial charge is 0.291 e. The fourth-order valence-electron chi connectivity index (χ4n) is 4.56. The van der Waals surface area contributed by atoms with Crippen molar-refractivity contribution in [2.24, 2.45) is 0 Å². The van der Waals surface area contributed by atoms with Crippen LogP contribution in [0.15, 0.2) is 103 Å². The summed E-state index contributed by atoms with van der Waals surface area (Å²) in [5, 5.41) is 13.4. The summed E-state index contributed by atoms with van der Waals surface area (Å²) >= 11 is 0. The van der Waals surface area contributed by atoms with Crippen molar-refractivity contribution in [3.63, 3.8) is 0 Å². The molecule has 0 saturated carbocycles. The molecule has 0 unspecified atom stereocenters. The summed E-state index contributed by atoms with van der Waals surface area (Å²) in [6, 6.07) is 33.3. The van der Waals surface area contributed by atoms with Gasteiger partial charge in [0.25, 0.3) is 5.69 Å². The third-order valence-electron chi connectivity index (χ3n) is 5.86. The topological polar surface area (TPSA) is 60.4 Å². The van der Waals surface area contributed by atoms with Gasteiger partial charge in [0.2, 0.25) is 0 Å². The monoisotopic (exact) mass is 415 g/mol. The molecular formula is C27H17N3O2. The molecule has 4 aromatic carbocycles. The van der Waals surface area contributed by atoms with Crippen LogP contribution in [0.1, 0.15) is 0 Å². The van der Waals surface area contributed by atoms with Gasteiger partial charge in [0.1, 0.15) is 5.39 Å². The van der Waals surface area contributed by atoms with Gasteiger partial charge in [-0.3, -0.25) is 14.5 Å². The number of pyridine rings is 1. The predicted octanol–water partition coefficient (Wildman–Crippen LogP) is 6.88. The van der Waals surface area contributed by atoms with E-state index in [-0.39, 0.29) is 10.6 Å². The number of hydrogen-bond acceptors (Lipinski definition) is 3. The van der Waals surface area contributed by atoms with Crippen LogP contribution in [0.5, 0.6) is 0 Å². The van der Waals surface area contributed by atoms with Crippen LogP contribution in [0, 0.1) is 10.1 Å². The lowest BCUT2D eigenvalue weighted by atomic mass is 9.93. The number of fused-ring (bicyclic) bond motifs is 5. The molecule has 6 rings (SSSR count). The fourth-order valence-corrected chi connectivity index (χ4v) is 4.56. The van der Waals surface area contributed by atoms with Crippen LogP contribution in [-0.2, 0) is 0 Å². The number of benzene rings is 4. The molecule has 2 aromatic heterocycles. The van der Waals surface area contributed by atoms with Crippen molar-refractivity contribution in [1.29, 1.82) is 0 Å². The lowest BCUT2D eigenvalue weighted by molar-refractivity contribution is -0.383. The summed E-state index contributed by atoms with van der Waals surface area (Å²) in [7, 11) is 0. The minimum absolute atomic E-state index is 0.0552. The average Bonchev–Trinajstić information content (AvgIpc) is 3.23. The molecule has 5 nitrogen and oxygen atoms in total. The molecule has 0 radical (unpaired) electrons. The number of nitro groups is 1. The Morgan fingerprint density at radius 3 is 2.09 bits per heavy atom. The van der Waals surface area contributed by atoms with Gasteiger partial charge in [-0.2, -0.15) is 0 Å². The summed E-state index contributed by atoms with van der Waals surface area (Å²) in [5.41, 5.74) is 6.30. The molecule has 0 aliphatic rings. The molecule has 0 aliphatic carbocycles. The highest BCUT2D eigenvalue weighted by molar-refractivity contribution is 6.14. The van der Waals surface area contributed by atoms with Gasteiger partial charge >= 0.3 is 0 Å². The van der Waals surface area contributed by atoms with Crippen LogP contribution in [0.25, 0.3) is 49.8 Å². The number of rotatable bonds is 3. The van der Waals surface area contributed by atoms with E-state index in [0.29, 0.717) is 11.0 Å². The Balaban J connectivity index is 1.97. The van der Waals surface area contributed by atoms with E-state index >= 15 is 0 Å². The smallest absolute Gasteiger partial charge is 0.280 e. The highest BCUT2D eigenvalue weighted by atomic mass is 16.6. The van der Waals surface area contributed by atoms with E-state index in [1.807, 2.05) is 78.9 Å². The zero-order valence-corrected chi connectivity index (χ0v) is 17.0. The van der Waals surface area contributed by atoms with Crippen molar-refractivity contribution < 1.29 is 4.92 Å². The summed E-state index contributed by atoms with van der Waals surface area (Å²) < 4.78 is 2.07. The van der Waals surface area contributed by atoms with Crippen molar-refractivity contribution in [3.8, 4) is 22.4 Å². The van der Waals surface area contributed by atoms with Gasteiger partial charge < -0.3 is 0 Å². The second kappa shape index (κ2) is 7.03. The standard InChI is InChI=1S/C27H17N3O2/c31-30(32)23-17-9-14-20-24(18-10-3-1-4-11-18)26(19-12-5-2-6-13-19)29-22-16-8-7-15-21(22)28-27(29)25(20)23/h1-17H. The lowest BCUT2D eigenvalue weighted by Gasteiger charge is -2.17. The second-order valence-electron chi connectivity index (χ2n) is 7.67. The lowest BCUT2D eigenvalue weighted by Crippen LogP contribution is -2.00. The first-order valence-electron chi connectivity index (χ1n) is 10.3. The summed E-state index contributed by atoms with van der Waals surface area (Å²) in [6.45, 7) is 0. The van der Waals surface area contributed by atoms with E-state index in [4.69, 9.17) is 4.98 Å². The Labute approximate surface area is 183 Å². The summed E-state index contributed by atoms with van der Waals surface area (Å²) in [5.74, 6) is 0. The van der Waals surface area contributed by atoms with Gasteiger partial charge in [-0.1, -0.05) is 84.9 Å². The first kappa shape index (κ1) is 18.3. The molecule has 0 N–H and O–H groups in total. The molecular weight excluding hydrogens is 398 g/mol. The van der Waals surface area contributed by atoms with Gasteiger partial charge in [-0.15, -0.1) is 0 Å². The van der Waals surface area contributed by atoms with Gasteiger partial charge in [0.15, 0.2) is 5.65 Å². The van der Waals surface area contributed by atoms with Crippen molar-refractivity contribution in [3.05, 3.63) is 113 Å². The molecule has 152 valence electrons. The molecule has 0 amide bonds. The molecule has 6 aromatic rings. The number of aromatic nitrogens is 2. The van der Waals surface area contributed by atoms with E-state index in [2.05, 4.69) is 16.5 Å². The molecule has 0 spiro atoms. The van der Waals surface area contributed by atoms with Crippen LogP contribution >= 0.6 is 0 Å². The number of imidazole rings is 1. The maximum absolute atomic E-state index is 12.0. The van der Waals surface area contributed by atoms with Crippen LogP contribution in [-0.4, -0.2) is 14.3 Å². The molecule has 0 atom stereocenters. The Morgan fingerprint density at radius 1 is 0.719 bits per heavy atom. The Kier molecular flexibility index (Phi) is 4.01. The zero-order valence-electron chi connectivity index (χ0n) is 17.0. The minimum atomic E-state index is -0.321. The normalized spacial score (nSPS) is 11.4. The summed E-state index contributed by atoms with van der Waals surface area (Å²) in [4.78, 5) is 16.6. The van der Waals surface area contributed by atoms with E-state index in [1.54, 1.807) is 12.1 Å². The van der Waals surface area contributed by atoms with E-state index < -0.39 is 0 Å². The quantitative estimate of drug-likeness (QED) is 0.234. The number of para-hydroxylation sites is 2. The number of nitro benzene ring substituents is 1. The van der Waals surface area contributed by atoms with Crippen molar-refractivity contribution >= 4 is 33.1 Å². The molecule has 5 heteroatoms. The molecule has 32 heavy (non-hydrogen) atoms. The van der Waals surface area contributed by atoms with Crippen molar-refractivity contribution in [1.82, 2.24) is 9.38 Å². The van der Waals surface area contributed by atoms with Crippen molar-refractivity contribution in [2.45, 2.75) is 0 Å². The molecule has 0 aliphatic heterocycles. The van der Waals surface area contributed by atoms with E-state index in [9.17, 15) is 10.1 Å². The Morgan fingerprint density at radius 2 is 1.38 bits per heavy atom. The Hall–Kier alpha value is -4.51. The zero-order chi connectivity index (χ0) is 21.7. The van der Waals surface area contributed by atoms with Gasteiger partial charge in [0, 0.05) is 17.0 Å². The van der Waals surface area contributed by atoms with Crippen molar-refractivity contribution in [2.75, 3.05) is 0 Å². The fraction of sp³-hybridized carbons (Fsp3) is 0. The number of nitrogens with zero attached hydrogens (tertiary/aromatic N) is 3. The molecule has 2 heterocycles. The van der Waals surface area contributed by atoms with Crippen LogP contribution < -0.4 is 0 Å². The number of non-ortho nitro benzene ring substituents is 1. The van der Waals surface area contributed by atoms with E-state index in [0.717, 1.165) is 38.8 Å². The number of hydrogen-bond donors (Lipinski definition) is 0. The highest BCUT2D eigenvalue weighted by Crippen LogP contribution is 2.43. The van der Waals surface area contributed by atoms with E-state index in [1.165, 1.54) is 0 Å². The third-order valence-corrected chi connectivity index (χ3v) is 5.86. The predicted molar refractivity (Wildman–Crippen MR) is 128 cm³/mol. The van der Waals surface area contributed by atoms with Crippen LogP contribution in [0.3, 0.4) is 0 Å². The first-order valence-corrected chi connectivity index (χ1v) is 10.3. The SMILES string of the molecule is O=[N+]([O-])c1cccc2c(-c3ccccc3)c(-c3ccccc3)n3c4ccccc4nc3c12. The highest BCUT2D eigenvalue weighted by Gasteiger charge is 2.25. The Bertz CT molecular complexity index is 1640. The second-order valence-corrected chi connectivity index (χ2v) is 7.67. The maximum Gasteiger partial charge on any atom is 0.280 e.